The Balaban J connectivity index is 1.82. The Morgan fingerprint density at radius 1 is 1.30 bits per heavy atom. The van der Waals surface area contributed by atoms with E-state index in [2.05, 4.69) is 35.3 Å². The van der Waals surface area contributed by atoms with Crippen molar-refractivity contribution in [1.29, 1.82) is 5.26 Å². The van der Waals surface area contributed by atoms with Gasteiger partial charge in [-0.2, -0.15) is 5.26 Å². The molecule has 0 saturated carbocycles. The number of pyridine rings is 1. The van der Waals surface area contributed by atoms with E-state index in [1.807, 2.05) is 12.1 Å². The van der Waals surface area contributed by atoms with Gasteiger partial charge in [-0.15, -0.1) is 0 Å². The number of aromatic nitrogens is 1. The molecule has 0 bridgehead atoms. The van der Waals surface area contributed by atoms with Gasteiger partial charge < -0.3 is 9.88 Å². The van der Waals surface area contributed by atoms with Crippen LogP contribution in [-0.2, 0) is 19.5 Å². The summed E-state index contributed by atoms with van der Waals surface area (Å²) in [5.74, 6) is 0. The van der Waals surface area contributed by atoms with Gasteiger partial charge in [0.25, 0.3) is 0 Å². The fourth-order valence-corrected chi connectivity index (χ4v) is 3.00. The van der Waals surface area contributed by atoms with Crippen LogP contribution in [0.25, 0.3) is 0 Å². The number of quaternary nitrogens is 1. The first-order valence-corrected chi connectivity index (χ1v) is 7.20. The molecule has 0 aliphatic carbocycles. The number of nitrogens with zero attached hydrogens (tertiary/aromatic N) is 1. The van der Waals surface area contributed by atoms with E-state index in [-0.39, 0.29) is 0 Å². The van der Waals surface area contributed by atoms with Crippen molar-refractivity contribution in [3.05, 3.63) is 63.4 Å². The van der Waals surface area contributed by atoms with Crippen LogP contribution in [0.4, 0.5) is 0 Å². The van der Waals surface area contributed by atoms with Crippen LogP contribution in [0.3, 0.4) is 0 Å². The van der Waals surface area contributed by atoms with Gasteiger partial charge in [0.2, 0.25) is 0 Å². The second kappa shape index (κ2) is 5.58. The topological polar surface area (TPSA) is 44.0 Å². The lowest BCUT2D eigenvalue weighted by Crippen LogP contribution is -3.10. The number of hydrogen-bond acceptors (Lipinski definition) is 2. The molecule has 2 aromatic rings. The van der Waals surface area contributed by atoms with Crippen LogP contribution in [0.2, 0.25) is 0 Å². The van der Waals surface area contributed by atoms with Crippen LogP contribution in [-0.4, -0.2) is 11.5 Å². The van der Waals surface area contributed by atoms with E-state index in [4.69, 9.17) is 17.5 Å². The molecule has 1 atom stereocenters. The van der Waals surface area contributed by atoms with Crippen molar-refractivity contribution in [3.8, 4) is 6.07 Å². The minimum Gasteiger partial charge on any atom is -0.348 e. The third-order valence-electron chi connectivity index (χ3n) is 3.80. The lowest BCUT2D eigenvalue weighted by molar-refractivity contribution is -0.929. The number of nitrogens with one attached hydrogen (secondary N) is 2. The molecular formula is C16H16N3S+. The van der Waals surface area contributed by atoms with E-state index in [1.54, 1.807) is 0 Å². The third-order valence-corrected chi connectivity index (χ3v) is 4.12. The zero-order valence-electron chi connectivity index (χ0n) is 11.1. The number of H-pyrrole nitrogens is 1. The van der Waals surface area contributed by atoms with Crippen molar-refractivity contribution in [3.63, 3.8) is 0 Å². The van der Waals surface area contributed by atoms with Gasteiger partial charge in [-0.25, -0.2) is 0 Å². The summed E-state index contributed by atoms with van der Waals surface area (Å²) in [7, 11) is 0. The molecule has 2 N–H and O–H groups in total. The van der Waals surface area contributed by atoms with E-state index in [0.717, 1.165) is 26.1 Å². The second-order valence-corrected chi connectivity index (χ2v) is 5.63. The fourth-order valence-electron chi connectivity index (χ4n) is 2.77. The Morgan fingerprint density at radius 2 is 2.10 bits per heavy atom. The summed E-state index contributed by atoms with van der Waals surface area (Å²) in [5, 5.41) is 9.08. The number of aromatic amines is 1. The van der Waals surface area contributed by atoms with E-state index in [1.165, 1.54) is 21.7 Å². The van der Waals surface area contributed by atoms with Crippen LogP contribution >= 0.6 is 12.2 Å². The molecule has 0 spiro atoms. The summed E-state index contributed by atoms with van der Waals surface area (Å²) < 4.78 is 0.567. The first-order chi connectivity index (χ1) is 9.76. The van der Waals surface area contributed by atoms with Gasteiger partial charge in [0.1, 0.15) is 23.8 Å². The molecule has 3 rings (SSSR count). The summed E-state index contributed by atoms with van der Waals surface area (Å²) >= 11 is 5.19. The van der Waals surface area contributed by atoms with Crippen LogP contribution < -0.4 is 4.90 Å². The lowest BCUT2D eigenvalue weighted by atomic mass is 10.0. The Bertz CT molecular complexity index is 713. The molecule has 0 radical (unpaired) electrons. The van der Waals surface area contributed by atoms with Crippen LogP contribution in [0.15, 0.2) is 36.4 Å². The predicted octanol–water partition coefficient (Wildman–Crippen LogP) is 1.76. The molecule has 0 amide bonds. The first-order valence-electron chi connectivity index (χ1n) is 6.79. The molecule has 2 heterocycles. The molecule has 0 fully saturated rings. The molecule has 20 heavy (non-hydrogen) atoms. The van der Waals surface area contributed by atoms with Crippen LogP contribution in [0.1, 0.15) is 22.4 Å². The van der Waals surface area contributed by atoms with Gasteiger partial charge in [-0.05, 0) is 6.07 Å². The van der Waals surface area contributed by atoms with E-state index < -0.39 is 0 Å². The highest BCUT2D eigenvalue weighted by Crippen LogP contribution is 2.12. The fraction of sp³-hybridized carbons (Fsp3) is 0.250. The molecule has 1 aromatic heterocycles. The summed E-state index contributed by atoms with van der Waals surface area (Å²) in [4.78, 5) is 4.74. The van der Waals surface area contributed by atoms with E-state index in [0.29, 0.717) is 10.2 Å². The van der Waals surface area contributed by atoms with E-state index >= 15 is 0 Å². The van der Waals surface area contributed by atoms with Crippen LogP contribution in [0.5, 0.6) is 0 Å². The van der Waals surface area contributed by atoms with Crippen molar-refractivity contribution in [2.75, 3.05) is 6.54 Å². The van der Waals surface area contributed by atoms with Gasteiger partial charge in [0, 0.05) is 23.2 Å². The maximum Gasteiger partial charge on any atom is 0.121 e. The Hall–Kier alpha value is -1.96. The molecular weight excluding hydrogens is 266 g/mol. The Labute approximate surface area is 123 Å². The minimum atomic E-state index is 0.567. The first kappa shape index (κ1) is 13.0. The summed E-state index contributed by atoms with van der Waals surface area (Å²) in [6, 6.07) is 14.7. The molecule has 1 aliphatic rings. The van der Waals surface area contributed by atoms with E-state index in [9.17, 15) is 0 Å². The zero-order chi connectivity index (χ0) is 13.9. The van der Waals surface area contributed by atoms with Crippen molar-refractivity contribution < 1.29 is 4.90 Å². The Morgan fingerprint density at radius 3 is 2.85 bits per heavy atom. The number of hydrogen-bond donors (Lipinski definition) is 2. The average molecular weight is 282 g/mol. The molecule has 0 saturated heterocycles. The second-order valence-electron chi connectivity index (χ2n) is 5.22. The average Bonchev–Trinajstić information content (AvgIpc) is 2.48. The number of fused-ring (bicyclic) bond motifs is 1. The summed E-state index contributed by atoms with van der Waals surface area (Å²) in [6.07, 6.45) is 0.993. The highest BCUT2D eigenvalue weighted by atomic mass is 32.1. The zero-order valence-corrected chi connectivity index (χ0v) is 12.0. The number of benzene rings is 1. The SMILES string of the molecule is N#Cc1cc2c([nH]c1=S)CC[NH+](Cc1ccccc1)C2. The van der Waals surface area contributed by atoms with Crippen molar-refractivity contribution in [1.82, 2.24) is 4.98 Å². The maximum absolute atomic E-state index is 9.08. The molecule has 100 valence electrons. The van der Waals surface area contributed by atoms with Crippen LogP contribution in [0, 0.1) is 16.0 Å². The number of nitriles is 1. The normalized spacial score (nSPS) is 17.2. The molecule has 1 aliphatic heterocycles. The largest absolute Gasteiger partial charge is 0.348 e. The standard InChI is InChI=1S/C16H15N3S/c17-9-13-8-14-11-19(7-6-15(14)18-16(13)20)10-12-4-2-1-3-5-12/h1-5,8H,6-7,10-11H2,(H,18,20)/p+1. The van der Waals surface area contributed by atoms with Gasteiger partial charge in [-0.3, -0.25) is 0 Å². The highest BCUT2D eigenvalue weighted by Gasteiger charge is 2.20. The molecule has 1 aromatic carbocycles. The lowest BCUT2D eigenvalue weighted by Gasteiger charge is -2.26. The Kier molecular flexibility index (Phi) is 3.64. The van der Waals surface area contributed by atoms with Gasteiger partial charge in [0.05, 0.1) is 12.1 Å². The number of rotatable bonds is 2. The van der Waals surface area contributed by atoms with Crippen molar-refractivity contribution in [2.24, 2.45) is 0 Å². The highest BCUT2D eigenvalue weighted by molar-refractivity contribution is 7.71. The van der Waals surface area contributed by atoms with Gasteiger partial charge in [-0.1, -0.05) is 42.5 Å². The maximum atomic E-state index is 9.08. The van der Waals surface area contributed by atoms with Gasteiger partial charge in [0.15, 0.2) is 0 Å². The third kappa shape index (κ3) is 2.64. The molecule has 3 nitrogen and oxygen atoms in total. The van der Waals surface area contributed by atoms with Crippen molar-refractivity contribution >= 4 is 12.2 Å². The van der Waals surface area contributed by atoms with Crippen molar-refractivity contribution in [2.45, 2.75) is 19.5 Å². The molecule has 1 unspecified atom stereocenters. The quantitative estimate of drug-likeness (QED) is 0.824. The monoisotopic (exact) mass is 282 g/mol. The molecule has 4 heteroatoms. The summed E-state index contributed by atoms with van der Waals surface area (Å²) in [5.41, 5.74) is 4.37. The minimum absolute atomic E-state index is 0.567. The smallest absolute Gasteiger partial charge is 0.121 e. The van der Waals surface area contributed by atoms with Gasteiger partial charge >= 0.3 is 0 Å². The predicted molar refractivity (Wildman–Crippen MR) is 79.7 cm³/mol. The summed E-state index contributed by atoms with van der Waals surface area (Å²) in [6.45, 7) is 3.07.